The van der Waals surface area contributed by atoms with E-state index in [1.807, 2.05) is 32.9 Å². The minimum absolute atomic E-state index is 0.0449. The first kappa shape index (κ1) is 18.2. The van der Waals surface area contributed by atoms with Crippen LogP contribution in [0.25, 0.3) is 10.9 Å². The van der Waals surface area contributed by atoms with Crippen LogP contribution in [0.2, 0.25) is 0 Å². The largest absolute Gasteiger partial charge is 0.358 e. The van der Waals surface area contributed by atoms with Gasteiger partial charge < -0.3 is 10.3 Å². The fraction of sp³-hybridized carbons (Fsp3) is 0.211. The monoisotopic (exact) mass is 371 g/mol. The Kier molecular flexibility index (Phi) is 4.60. The molecule has 0 saturated heterocycles. The van der Waals surface area contributed by atoms with Crippen LogP contribution in [-0.2, 0) is 10.0 Å². The fourth-order valence-corrected chi connectivity index (χ4v) is 3.43. The number of fused-ring (bicyclic) bond motifs is 1. The number of sulfonamides is 1. The Morgan fingerprint density at radius 1 is 1.12 bits per heavy atom. The lowest BCUT2D eigenvalue weighted by atomic mass is 10.1. The number of rotatable bonds is 4. The molecule has 7 heteroatoms. The van der Waals surface area contributed by atoms with Crippen molar-refractivity contribution < 1.29 is 13.2 Å². The highest BCUT2D eigenvalue weighted by atomic mass is 32.2. The standard InChI is InChI=1S/C19H21N3O3S/c1-11-12(2)21-18-9-6-15(10-17(11)18)19(23)22-13(3)14-4-7-16(8-5-14)26(20,24)25/h4-10,13,21H,1-3H3,(H,22,23)(H2,20,24,25)/t13-/m1/s1. The van der Waals surface area contributed by atoms with Crippen LogP contribution < -0.4 is 10.5 Å². The summed E-state index contributed by atoms with van der Waals surface area (Å²) < 4.78 is 22.6. The number of aryl methyl sites for hydroxylation is 2. The van der Waals surface area contributed by atoms with E-state index >= 15 is 0 Å². The Morgan fingerprint density at radius 3 is 2.38 bits per heavy atom. The van der Waals surface area contributed by atoms with Crippen LogP contribution in [0.4, 0.5) is 0 Å². The first-order chi connectivity index (χ1) is 12.2. The van der Waals surface area contributed by atoms with Crippen LogP contribution in [0.15, 0.2) is 47.4 Å². The van der Waals surface area contributed by atoms with Gasteiger partial charge in [0.05, 0.1) is 10.9 Å². The van der Waals surface area contributed by atoms with Gasteiger partial charge in [0, 0.05) is 22.2 Å². The maximum absolute atomic E-state index is 12.6. The highest BCUT2D eigenvalue weighted by molar-refractivity contribution is 7.89. The average molecular weight is 371 g/mol. The number of aromatic amines is 1. The lowest BCUT2D eigenvalue weighted by molar-refractivity contribution is 0.0940. The Balaban J connectivity index is 1.80. The summed E-state index contributed by atoms with van der Waals surface area (Å²) in [5.41, 5.74) is 4.58. The second-order valence-corrected chi connectivity index (χ2v) is 8.01. The molecule has 26 heavy (non-hydrogen) atoms. The second kappa shape index (κ2) is 6.59. The number of nitrogens with two attached hydrogens (primary N) is 1. The Morgan fingerprint density at radius 2 is 1.77 bits per heavy atom. The van der Waals surface area contributed by atoms with Gasteiger partial charge in [0.2, 0.25) is 10.0 Å². The highest BCUT2D eigenvalue weighted by Gasteiger charge is 2.14. The Bertz CT molecular complexity index is 1080. The maximum Gasteiger partial charge on any atom is 0.251 e. The van der Waals surface area contributed by atoms with Gasteiger partial charge in [-0.2, -0.15) is 0 Å². The van der Waals surface area contributed by atoms with Crippen molar-refractivity contribution in [3.63, 3.8) is 0 Å². The maximum atomic E-state index is 12.6. The van der Waals surface area contributed by atoms with E-state index in [9.17, 15) is 13.2 Å². The quantitative estimate of drug-likeness (QED) is 0.656. The third-order valence-electron chi connectivity index (χ3n) is 4.63. The Hall–Kier alpha value is -2.64. The van der Waals surface area contributed by atoms with Gasteiger partial charge >= 0.3 is 0 Å². The number of aromatic nitrogens is 1. The lowest BCUT2D eigenvalue weighted by Crippen LogP contribution is -2.26. The van der Waals surface area contributed by atoms with Gasteiger partial charge in [-0.25, -0.2) is 13.6 Å². The SMILES string of the molecule is Cc1[nH]c2ccc(C(=O)N[C@H](C)c3ccc(S(N)(=O)=O)cc3)cc2c1C. The van der Waals surface area contributed by atoms with Crippen molar-refractivity contribution in [2.24, 2.45) is 5.14 Å². The number of amides is 1. The molecule has 0 unspecified atom stereocenters. The van der Waals surface area contributed by atoms with Crippen molar-refractivity contribution in [3.05, 3.63) is 64.8 Å². The molecule has 1 amide bonds. The zero-order valence-electron chi connectivity index (χ0n) is 14.8. The highest BCUT2D eigenvalue weighted by Crippen LogP contribution is 2.23. The zero-order chi connectivity index (χ0) is 19.1. The van der Waals surface area contributed by atoms with Gasteiger partial charge in [0.1, 0.15) is 0 Å². The van der Waals surface area contributed by atoms with Gasteiger partial charge in [-0.15, -0.1) is 0 Å². The number of hydrogen-bond acceptors (Lipinski definition) is 3. The van der Waals surface area contributed by atoms with E-state index in [1.54, 1.807) is 18.2 Å². The van der Waals surface area contributed by atoms with E-state index in [4.69, 9.17) is 5.14 Å². The normalized spacial score (nSPS) is 12.9. The summed E-state index contributed by atoms with van der Waals surface area (Å²) in [4.78, 5) is 15.9. The number of H-pyrrole nitrogens is 1. The van der Waals surface area contributed by atoms with Crippen molar-refractivity contribution in [1.82, 2.24) is 10.3 Å². The summed E-state index contributed by atoms with van der Waals surface area (Å²) in [6, 6.07) is 11.4. The van der Waals surface area contributed by atoms with Crippen LogP contribution in [0.5, 0.6) is 0 Å². The first-order valence-electron chi connectivity index (χ1n) is 8.19. The molecule has 6 nitrogen and oxygen atoms in total. The van der Waals surface area contributed by atoms with Gasteiger partial charge in [-0.3, -0.25) is 4.79 Å². The number of hydrogen-bond donors (Lipinski definition) is 3. The summed E-state index contributed by atoms with van der Waals surface area (Å²) in [6.07, 6.45) is 0. The molecular weight excluding hydrogens is 350 g/mol. The van der Waals surface area contributed by atoms with Crippen LogP contribution in [-0.4, -0.2) is 19.3 Å². The molecule has 0 aliphatic heterocycles. The molecule has 0 aliphatic carbocycles. The van der Waals surface area contributed by atoms with Crippen LogP contribution >= 0.6 is 0 Å². The predicted molar refractivity (Wildman–Crippen MR) is 101 cm³/mol. The topological polar surface area (TPSA) is 105 Å². The molecule has 3 rings (SSSR count). The molecule has 0 fully saturated rings. The fourth-order valence-electron chi connectivity index (χ4n) is 2.91. The number of primary sulfonamides is 1. The Labute approximate surface area is 152 Å². The van der Waals surface area contributed by atoms with Crippen LogP contribution in [0, 0.1) is 13.8 Å². The minimum Gasteiger partial charge on any atom is -0.358 e. The van der Waals surface area contributed by atoms with Crippen LogP contribution in [0.3, 0.4) is 0 Å². The van der Waals surface area contributed by atoms with Crippen molar-refractivity contribution >= 4 is 26.8 Å². The first-order valence-corrected chi connectivity index (χ1v) is 9.74. The van der Waals surface area contributed by atoms with Crippen molar-refractivity contribution in [2.75, 3.05) is 0 Å². The molecule has 0 saturated carbocycles. The second-order valence-electron chi connectivity index (χ2n) is 6.44. The van der Waals surface area contributed by atoms with Gasteiger partial charge in [-0.05, 0) is 62.2 Å². The summed E-state index contributed by atoms with van der Waals surface area (Å²) in [7, 11) is -3.72. The van der Waals surface area contributed by atoms with Gasteiger partial charge in [0.15, 0.2) is 0 Å². The van der Waals surface area contributed by atoms with Crippen molar-refractivity contribution in [2.45, 2.75) is 31.7 Å². The minimum atomic E-state index is -3.72. The molecule has 2 aromatic carbocycles. The summed E-state index contributed by atoms with van der Waals surface area (Å²) in [6.45, 7) is 5.86. The molecule has 1 atom stereocenters. The van der Waals surface area contributed by atoms with E-state index in [0.29, 0.717) is 5.56 Å². The molecule has 0 aliphatic rings. The molecule has 0 bridgehead atoms. The van der Waals surface area contributed by atoms with Crippen LogP contribution in [0.1, 0.15) is 40.1 Å². The smallest absolute Gasteiger partial charge is 0.251 e. The molecule has 3 aromatic rings. The number of benzene rings is 2. The van der Waals surface area contributed by atoms with E-state index in [1.165, 1.54) is 12.1 Å². The molecular formula is C19H21N3O3S. The predicted octanol–water partition coefficient (Wildman–Crippen LogP) is 2.92. The van der Waals surface area contributed by atoms with E-state index in [2.05, 4.69) is 10.3 Å². The third-order valence-corrected chi connectivity index (χ3v) is 5.56. The summed E-state index contributed by atoms with van der Waals surface area (Å²) in [5, 5.41) is 9.06. The lowest BCUT2D eigenvalue weighted by Gasteiger charge is -2.15. The van der Waals surface area contributed by atoms with E-state index in [-0.39, 0.29) is 16.8 Å². The number of carbonyl (C=O) groups is 1. The molecule has 136 valence electrons. The number of carbonyl (C=O) groups excluding carboxylic acids is 1. The van der Waals surface area contributed by atoms with Gasteiger partial charge in [-0.1, -0.05) is 12.1 Å². The third kappa shape index (κ3) is 3.49. The van der Waals surface area contributed by atoms with E-state index < -0.39 is 10.0 Å². The van der Waals surface area contributed by atoms with Crippen molar-refractivity contribution in [3.8, 4) is 0 Å². The van der Waals surface area contributed by atoms with Crippen molar-refractivity contribution in [1.29, 1.82) is 0 Å². The van der Waals surface area contributed by atoms with Gasteiger partial charge in [0.25, 0.3) is 5.91 Å². The zero-order valence-corrected chi connectivity index (χ0v) is 15.6. The number of nitrogens with one attached hydrogen (secondary N) is 2. The molecule has 4 N–H and O–H groups in total. The average Bonchev–Trinajstić information content (AvgIpc) is 2.88. The summed E-state index contributed by atoms with van der Waals surface area (Å²) >= 11 is 0. The summed E-state index contributed by atoms with van der Waals surface area (Å²) in [5.74, 6) is -0.187. The molecule has 0 radical (unpaired) electrons. The van der Waals surface area contributed by atoms with E-state index in [0.717, 1.165) is 27.7 Å². The molecule has 1 aromatic heterocycles. The molecule has 1 heterocycles. The molecule has 0 spiro atoms.